The van der Waals surface area contributed by atoms with Gasteiger partial charge in [0.05, 0.1) is 12.1 Å². The van der Waals surface area contributed by atoms with Gasteiger partial charge < -0.3 is 4.52 Å². The normalized spacial score (nSPS) is 16.7. The molecule has 0 aliphatic carbocycles. The Kier molecular flexibility index (Phi) is 8.33. The van der Waals surface area contributed by atoms with Crippen molar-refractivity contribution in [1.82, 2.24) is 14.6 Å². The molecule has 9 nitrogen and oxygen atoms in total. The van der Waals surface area contributed by atoms with E-state index in [1.165, 1.54) is 16.0 Å². The predicted octanol–water partition coefficient (Wildman–Crippen LogP) is 4.95. The van der Waals surface area contributed by atoms with Crippen molar-refractivity contribution in [2.24, 2.45) is 0 Å². The lowest BCUT2D eigenvalue weighted by Gasteiger charge is -2.51. The van der Waals surface area contributed by atoms with Gasteiger partial charge in [-0.2, -0.15) is 9.85 Å². The van der Waals surface area contributed by atoms with Gasteiger partial charge in [-0.3, -0.25) is 19.2 Å². The summed E-state index contributed by atoms with van der Waals surface area (Å²) >= 11 is 11.4. The van der Waals surface area contributed by atoms with Gasteiger partial charge in [0.2, 0.25) is 0 Å². The van der Waals surface area contributed by atoms with Gasteiger partial charge >= 0.3 is 11.8 Å². The molecule has 40 heavy (non-hydrogen) atoms. The van der Waals surface area contributed by atoms with E-state index >= 15 is 0 Å². The number of hydrogen-bond acceptors (Lipinski definition) is 7. The fourth-order valence-electron chi connectivity index (χ4n) is 5.11. The van der Waals surface area contributed by atoms with Crippen LogP contribution in [-0.2, 0) is 19.5 Å². The highest BCUT2D eigenvalue weighted by Crippen LogP contribution is 2.57. The Morgan fingerprint density at radius 2 is 1.43 bits per heavy atom. The molecule has 1 unspecified atom stereocenters. The minimum absolute atomic E-state index is 0.0972. The standard InChI is InChI=1S/C28H27Cl2N4O5P/c1-21-17-33(27(36)31-26(21)35)34-20-32(18-25(39-34)19-38-40(29,30)37)28(22-11-5-2-6-12-22,23-13-7-3-8-14-23)24-15-9-4-10-16-24/h2-17,25H,18-20H2,1H3,(H,31,35,36). The predicted molar refractivity (Wildman–Crippen MR) is 155 cm³/mol. The summed E-state index contributed by atoms with van der Waals surface area (Å²) in [6, 6.07) is 30.0. The molecule has 208 valence electrons. The third-order valence-electron chi connectivity index (χ3n) is 6.79. The topological polar surface area (TPSA) is 96.9 Å². The highest BCUT2D eigenvalue weighted by molar-refractivity contribution is 8.05. The molecule has 12 heteroatoms. The lowest BCUT2D eigenvalue weighted by molar-refractivity contribution is -0.116. The first-order valence-electron chi connectivity index (χ1n) is 12.5. The van der Waals surface area contributed by atoms with Gasteiger partial charge in [0.15, 0.2) is 0 Å². The molecule has 1 aromatic heterocycles. The molecule has 4 aromatic rings. The number of aromatic amines is 1. The molecule has 1 saturated heterocycles. The Labute approximate surface area is 240 Å². The highest BCUT2D eigenvalue weighted by atomic mass is 35.9. The maximum Gasteiger partial charge on any atom is 0.380 e. The second-order valence-electron chi connectivity index (χ2n) is 9.38. The van der Waals surface area contributed by atoms with Crippen molar-refractivity contribution in [3.05, 3.63) is 140 Å². The first kappa shape index (κ1) is 28.4. The number of benzene rings is 3. The van der Waals surface area contributed by atoms with E-state index in [4.69, 9.17) is 31.8 Å². The maximum atomic E-state index is 12.9. The number of halogens is 2. The molecule has 5 rings (SSSR count). The molecule has 3 aromatic carbocycles. The van der Waals surface area contributed by atoms with Crippen LogP contribution in [0.4, 0.5) is 0 Å². The van der Waals surface area contributed by atoms with Crippen molar-refractivity contribution in [2.45, 2.75) is 18.6 Å². The van der Waals surface area contributed by atoms with Crippen LogP contribution in [0.15, 0.2) is 107 Å². The first-order chi connectivity index (χ1) is 19.2. The Bertz CT molecular complexity index is 1520. The van der Waals surface area contributed by atoms with Gasteiger partial charge in [0.25, 0.3) is 5.56 Å². The monoisotopic (exact) mass is 600 g/mol. The van der Waals surface area contributed by atoms with Gasteiger partial charge in [-0.1, -0.05) is 91.0 Å². The van der Waals surface area contributed by atoms with Crippen molar-refractivity contribution in [3.63, 3.8) is 0 Å². The second-order valence-corrected chi connectivity index (χ2v) is 13.7. The summed E-state index contributed by atoms with van der Waals surface area (Å²) in [5.74, 6) is 0. The van der Waals surface area contributed by atoms with E-state index < -0.39 is 29.0 Å². The summed E-state index contributed by atoms with van der Waals surface area (Å²) in [6.07, 6.45) is -3.22. The van der Waals surface area contributed by atoms with Crippen molar-refractivity contribution in [2.75, 3.05) is 25.0 Å². The third-order valence-corrected chi connectivity index (χ3v) is 7.82. The van der Waals surface area contributed by atoms with E-state index in [0.29, 0.717) is 5.56 Å². The summed E-state index contributed by atoms with van der Waals surface area (Å²) in [4.78, 5) is 35.6. The molecule has 0 saturated carbocycles. The maximum absolute atomic E-state index is 12.9. The largest absolute Gasteiger partial charge is 0.380 e. The summed E-state index contributed by atoms with van der Waals surface area (Å²) in [7, 11) is 0. The summed E-state index contributed by atoms with van der Waals surface area (Å²) in [6.45, 7) is 1.75. The molecule has 2 heterocycles. The fraction of sp³-hybridized carbons (Fsp3) is 0.214. The smallest absolute Gasteiger partial charge is 0.303 e. The van der Waals surface area contributed by atoms with Gasteiger partial charge in [-0.25, -0.2) is 9.63 Å². The Morgan fingerprint density at radius 1 is 0.925 bits per heavy atom. The quantitative estimate of drug-likeness (QED) is 0.226. The van der Waals surface area contributed by atoms with E-state index in [-0.39, 0.29) is 19.8 Å². The zero-order chi connectivity index (χ0) is 28.3. The fourth-order valence-corrected chi connectivity index (χ4v) is 5.79. The first-order valence-corrected chi connectivity index (χ1v) is 15.9. The highest BCUT2D eigenvalue weighted by Gasteiger charge is 2.46. The Morgan fingerprint density at radius 3 is 1.90 bits per heavy atom. The SMILES string of the molecule is Cc1cn(N2CN(C(c3ccccc3)(c3ccccc3)c3ccccc3)CC(COP(=O)(Cl)Cl)O2)c(=O)[nH]c1=O. The molecule has 1 fully saturated rings. The van der Waals surface area contributed by atoms with Crippen molar-refractivity contribution in [3.8, 4) is 0 Å². The van der Waals surface area contributed by atoms with E-state index in [9.17, 15) is 14.2 Å². The van der Waals surface area contributed by atoms with E-state index in [0.717, 1.165) is 16.7 Å². The molecular formula is C28H27Cl2N4O5P. The molecule has 0 bridgehead atoms. The van der Waals surface area contributed by atoms with Gasteiger partial charge in [-0.05, 0) is 46.1 Å². The van der Waals surface area contributed by atoms with Crippen LogP contribution >= 0.6 is 28.6 Å². The Balaban J connectivity index is 1.72. The summed E-state index contributed by atoms with van der Waals surface area (Å²) < 4.78 is 18.5. The van der Waals surface area contributed by atoms with Crippen LogP contribution in [0.5, 0.6) is 0 Å². The number of hydroxylamine groups is 1. The number of rotatable bonds is 8. The van der Waals surface area contributed by atoms with Crippen LogP contribution in [0.1, 0.15) is 22.3 Å². The average molecular weight is 601 g/mol. The third kappa shape index (κ3) is 5.81. The van der Waals surface area contributed by atoms with Crippen molar-refractivity contribution >= 4 is 28.6 Å². The van der Waals surface area contributed by atoms with E-state index in [1.54, 1.807) is 6.92 Å². The molecule has 1 N–H and O–H groups in total. The Hall–Kier alpha value is -3.17. The molecule has 0 spiro atoms. The lowest BCUT2D eigenvalue weighted by Crippen LogP contribution is -2.64. The van der Waals surface area contributed by atoms with Gasteiger partial charge in [0, 0.05) is 18.3 Å². The second kappa shape index (κ2) is 11.7. The number of nitrogens with one attached hydrogen (secondary N) is 1. The summed E-state index contributed by atoms with van der Waals surface area (Å²) in [5.41, 5.74) is 1.20. The van der Waals surface area contributed by atoms with Crippen LogP contribution in [0.3, 0.4) is 0 Å². The van der Waals surface area contributed by atoms with Gasteiger partial charge in [0.1, 0.15) is 12.8 Å². The molecule has 0 amide bonds. The number of aryl methyl sites for hydroxylation is 1. The van der Waals surface area contributed by atoms with Crippen LogP contribution in [0, 0.1) is 6.92 Å². The minimum Gasteiger partial charge on any atom is -0.303 e. The van der Waals surface area contributed by atoms with Crippen molar-refractivity contribution in [1.29, 1.82) is 0 Å². The van der Waals surface area contributed by atoms with E-state index in [2.05, 4.69) is 9.88 Å². The van der Waals surface area contributed by atoms with Gasteiger partial charge in [-0.15, -0.1) is 0 Å². The molecular weight excluding hydrogens is 574 g/mol. The summed E-state index contributed by atoms with van der Waals surface area (Å²) in [5, 5.41) is 1.35. The zero-order valence-electron chi connectivity index (χ0n) is 21.5. The van der Waals surface area contributed by atoms with Crippen LogP contribution in [0.25, 0.3) is 0 Å². The van der Waals surface area contributed by atoms with Crippen molar-refractivity contribution < 1.29 is 13.9 Å². The van der Waals surface area contributed by atoms with Crippen LogP contribution in [-0.4, -0.2) is 40.5 Å². The van der Waals surface area contributed by atoms with Crippen LogP contribution < -0.4 is 16.4 Å². The number of nitrogens with zero attached hydrogens (tertiary/aromatic N) is 3. The molecule has 1 aliphatic rings. The lowest BCUT2D eigenvalue weighted by atomic mass is 9.75. The number of aromatic nitrogens is 2. The molecule has 0 radical (unpaired) electrons. The van der Waals surface area contributed by atoms with E-state index in [1.807, 2.05) is 91.0 Å². The minimum atomic E-state index is -3.87. The molecule has 1 atom stereocenters. The zero-order valence-corrected chi connectivity index (χ0v) is 23.9. The average Bonchev–Trinajstić information content (AvgIpc) is 2.96. The number of H-pyrrole nitrogens is 1. The van der Waals surface area contributed by atoms with Crippen LogP contribution in [0.2, 0.25) is 0 Å². The molecule has 1 aliphatic heterocycles. The number of hydrogen-bond donors (Lipinski definition) is 1.